The summed E-state index contributed by atoms with van der Waals surface area (Å²) in [7, 11) is -1.76. The van der Waals surface area contributed by atoms with Crippen molar-refractivity contribution in [2.75, 3.05) is 12.3 Å². The van der Waals surface area contributed by atoms with Gasteiger partial charge in [0.2, 0.25) is 5.95 Å². The van der Waals surface area contributed by atoms with Crippen LogP contribution >= 0.6 is 11.6 Å². The molecule has 2 aromatic heterocycles. The van der Waals surface area contributed by atoms with E-state index in [-0.39, 0.29) is 23.3 Å². The van der Waals surface area contributed by atoms with Crippen LogP contribution in [0.5, 0.6) is 0 Å². The van der Waals surface area contributed by atoms with E-state index in [1.165, 1.54) is 0 Å². The summed E-state index contributed by atoms with van der Waals surface area (Å²) in [5.41, 5.74) is 6.45. The van der Waals surface area contributed by atoms with Gasteiger partial charge in [0.1, 0.15) is 17.0 Å². The molecule has 2 atom stereocenters. The Morgan fingerprint density at radius 2 is 2.08 bits per heavy atom. The minimum Gasteiger partial charge on any atom is -0.414 e. The molecule has 0 unspecified atom stereocenters. The van der Waals surface area contributed by atoms with E-state index in [0.29, 0.717) is 17.4 Å². The van der Waals surface area contributed by atoms with Crippen molar-refractivity contribution in [2.24, 2.45) is 0 Å². The van der Waals surface area contributed by atoms with Crippen molar-refractivity contribution in [1.82, 2.24) is 14.5 Å². The lowest BCUT2D eigenvalue weighted by Crippen LogP contribution is -2.42. The number of nitrogens with zero attached hydrogens (tertiary/aromatic N) is 3. The number of hydrogen-bond acceptors (Lipinski definition) is 5. The Labute approximate surface area is 154 Å². The van der Waals surface area contributed by atoms with E-state index in [9.17, 15) is 0 Å². The molecule has 1 fully saturated rings. The first-order valence-corrected chi connectivity index (χ1v) is 12.0. The first-order chi connectivity index (χ1) is 11.6. The summed E-state index contributed by atoms with van der Waals surface area (Å²) in [6, 6.07) is 1.90. The second-order valence-corrected chi connectivity index (χ2v) is 13.4. The number of aromatic nitrogens is 3. The second-order valence-electron chi connectivity index (χ2n) is 8.19. The van der Waals surface area contributed by atoms with E-state index in [2.05, 4.69) is 43.8 Å². The zero-order valence-electron chi connectivity index (χ0n) is 15.5. The van der Waals surface area contributed by atoms with Crippen molar-refractivity contribution in [1.29, 1.82) is 0 Å². The van der Waals surface area contributed by atoms with Crippen LogP contribution in [-0.4, -0.2) is 35.6 Å². The van der Waals surface area contributed by atoms with E-state index >= 15 is 0 Å². The largest absolute Gasteiger partial charge is 0.414 e. The second kappa shape index (κ2) is 6.54. The molecule has 0 aliphatic carbocycles. The number of ether oxygens (including phenoxy) is 1. The van der Waals surface area contributed by atoms with Gasteiger partial charge in [-0.1, -0.05) is 32.4 Å². The molecule has 1 aliphatic rings. The summed E-state index contributed by atoms with van der Waals surface area (Å²) in [6.07, 6.45) is 3.85. The van der Waals surface area contributed by atoms with Crippen molar-refractivity contribution in [3.63, 3.8) is 0 Å². The van der Waals surface area contributed by atoms with Crippen molar-refractivity contribution in [3.05, 3.63) is 17.4 Å². The van der Waals surface area contributed by atoms with E-state index in [1.807, 2.05) is 16.8 Å². The lowest BCUT2D eigenvalue weighted by molar-refractivity contribution is -0.0179. The van der Waals surface area contributed by atoms with Gasteiger partial charge < -0.3 is 19.5 Å². The highest BCUT2D eigenvalue weighted by molar-refractivity contribution is 6.74. The maximum atomic E-state index is 6.31. The predicted molar refractivity (Wildman–Crippen MR) is 103 cm³/mol. The highest BCUT2D eigenvalue weighted by Crippen LogP contribution is 2.38. The number of nitrogens with two attached hydrogens (primary N) is 1. The zero-order chi connectivity index (χ0) is 18.4. The number of rotatable bonds is 4. The predicted octanol–water partition coefficient (Wildman–Crippen LogP) is 4.37. The lowest BCUT2D eigenvalue weighted by atomic mass is 10.2. The van der Waals surface area contributed by atoms with Crippen molar-refractivity contribution in [2.45, 2.75) is 64.1 Å². The summed E-state index contributed by atoms with van der Waals surface area (Å²) in [5.74, 6) is 0.174. The highest BCUT2D eigenvalue weighted by atomic mass is 35.5. The van der Waals surface area contributed by atoms with Gasteiger partial charge in [0.25, 0.3) is 0 Å². The molecule has 1 saturated heterocycles. The molecular formula is C17H27ClN4O2Si. The van der Waals surface area contributed by atoms with Crippen molar-refractivity contribution in [3.8, 4) is 0 Å². The monoisotopic (exact) mass is 382 g/mol. The number of hydrogen-bond donors (Lipinski definition) is 1. The molecule has 3 heterocycles. The molecule has 0 radical (unpaired) electrons. The Balaban J connectivity index is 1.70. The highest BCUT2D eigenvalue weighted by Gasteiger charge is 2.38. The minimum atomic E-state index is -1.76. The fourth-order valence-corrected chi connectivity index (χ4v) is 4.05. The fourth-order valence-electron chi connectivity index (χ4n) is 2.78. The van der Waals surface area contributed by atoms with Gasteiger partial charge in [0.15, 0.2) is 8.32 Å². The van der Waals surface area contributed by atoms with Gasteiger partial charge in [0.05, 0.1) is 18.1 Å². The summed E-state index contributed by atoms with van der Waals surface area (Å²) < 4.78 is 14.5. The topological polar surface area (TPSA) is 75.2 Å². The number of halogens is 1. The fraction of sp³-hybridized carbons (Fsp3) is 0.647. The Kier molecular flexibility index (Phi) is 4.87. The van der Waals surface area contributed by atoms with E-state index in [1.54, 1.807) is 0 Å². The third-order valence-electron chi connectivity index (χ3n) is 5.37. The molecule has 0 aromatic carbocycles. The van der Waals surface area contributed by atoms with Crippen LogP contribution in [0.15, 0.2) is 12.3 Å². The number of nitrogen functional groups attached to an aromatic ring is 1. The summed E-state index contributed by atoms with van der Waals surface area (Å²) in [6.45, 7) is 11.9. The van der Waals surface area contributed by atoms with Crippen LogP contribution in [0.25, 0.3) is 11.0 Å². The average Bonchev–Trinajstić information content (AvgIpc) is 3.10. The normalized spacial score (nSPS) is 22.0. The molecule has 0 saturated carbocycles. The van der Waals surface area contributed by atoms with Crippen LogP contribution in [0, 0.1) is 0 Å². The zero-order valence-corrected chi connectivity index (χ0v) is 17.3. The third-order valence-corrected chi connectivity index (χ3v) is 10.2. The van der Waals surface area contributed by atoms with Crippen LogP contribution < -0.4 is 5.73 Å². The standard InChI is InChI=1S/C17H27ClN4O2Si/c1-17(2,3)25(4,5)23-10-11-6-7-13(24-11)22-9-8-12-14(18)20-16(19)21-15(12)22/h8-9,11,13H,6-7,10H2,1-5H3,(H2,19,20,21)/t11-,13+/m0/s1. The van der Waals surface area contributed by atoms with Crippen LogP contribution in [0.2, 0.25) is 23.3 Å². The lowest BCUT2D eigenvalue weighted by Gasteiger charge is -2.36. The molecule has 0 amide bonds. The van der Waals surface area contributed by atoms with Gasteiger partial charge in [-0.15, -0.1) is 0 Å². The smallest absolute Gasteiger partial charge is 0.223 e. The van der Waals surface area contributed by atoms with Gasteiger partial charge in [-0.2, -0.15) is 4.98 Å². The average molecular weight is 383 g/mol. The maximum absolute atomic E-state index is 6.31. The Morgan fingerprint density at radius 3 is 2.76 bits per heavy atom. The summed E-state index contributed by atoms with van der Waals surface area (Å²) in [5, 5.41) is 1.37. The minimum absolute atomic E-state index is 0.0733. The van der Waals surface area contributed by atoms with Gasteiger partial charge in [-0.3, -0.25) is 0 Å². The number of anilines is 1. The first-order valence-electron chi connectivity index (χ1n) is 8.67. The Bertz CT molecular complexity index is 772. The van der Waals surface area contributed by atoms with Gasteiger partial charge in [-0.25, -0.2) is 4.98 Å². The van der Waals surface area contributed by atoms with Crippen LogP contribution in [0.4, 0.5) is 5.95 Å². The molecule has 25 heavy (non-hydrogen) atoms. The number of fused-ring (bicyclic) bond motifs is 1. The molecule has 2 N–H and O–H groups in total. The maximum Gasteiger partial charge on any atom is 0.223 e. The molecular weight excluding hydrogens is 356 g/mol. The Morgan fingerprint density at radius 1 is 1.36 bits per heavy atom. The SMILES string of the molecule is CC(C)(C)[Si](C)(C)OC[C@@H]1CC[C@H](n2ccc3c(Cl)nc(N)nc32)O1. The van der Waals surface area contributed by atoms with E-state index in [4.69, 9.17) is 26.5 Å². The molecule has 3 rings (SSSR count). The molecule has 6 nitrogen and oxygen atoms in total. The molecule has 1 aliphatic heterocycles. The third kappa shape index (κ3) is 3.69. The van der Waals surface area contributed by atoms with Gasteiger partial charge in [0, 0.05) is 6.20 Å². The molecule has 138 valence electrons. The molecule has 0 bridgehead atoms. The van der Waals surface area contributed by atoms with Crippen molar-refractivity contribution < 1.29 is 9.16 Å². The quantitative estimate of drug-likeness (QED) is 0.627. The van der Waals surface area contributed by atoms with Crippen LogP contribution in [0.3, 0.4) is 0 Å². The van der Waals surface area contributed by atoms with Gasteiger partial charge in [-0.05, 0) is 37.0 Å². The summed E-state index contributed by atoms with van der Waals surface area (Å²) in [4.78, 5) is 8.32. The van der Waals surface area contributed by atoms with Crippen LogP contribution in [-0.2, 0) is 9.16 Å². The molecule has 2 aromatic rings. The van der Waals surface area contributed by atoms with Gasteiger partial charge >= 0.3 is 0 Å². The molecule has 8 heteroatoms. The van der Waals surface area contributed by atoms with Crippen LogP contribution in [0.1, 0.15) is 39.8 Å². The van der Waals surface area contributed by atoms with Crippen molar-refractivity contribution >= 4 is 36.9 Å². The van der Waals surface area contributed by atoms with E-state index in [0.717, 1.165) is 18.2 Å². The Hall–Kier alpha value is -1.15. The first kappa shape index (κ1) is 18.6. The summed E-state index contributed by atoms with van der Waals surface area (Å²) >= 11 is 6.15. The molecule has 0 spiro atoms. The van der Waals surface area contributed by atoms with E-state index < -0.39 is 8.32 Å².